The number of benzene rings is 1. The summed E-state index contributed by atoms with van der Waals surface area (Å²) in [6, 6.07) is 7.48. The fourth-order valence-corrected chi connectivity index (χ4v) is 1.24. The molecule has 0 aromatic heterocycles. The Balaban J connectivity index is 2.52. The summed E-state index contributed by atoms with van der Waals surface area (Å²) in [6.45, 7) is 2.03. The largest absolute Gasteiger partial charge is 0.490 e. The van der Waals surface area contributed by atoms with Crippen molar-refractivity contribution < 1.29 is 9.53 Å². The summed E-state index contributed by atoms with van der Waals surface area (Å²) < 4.78 is 5.35. The number of carbonyl (C=O) groups excluding carboxylic acids is 1. The van der Waals surface area contributed by atoms with E-state index in [1.54, 1.807) is 13.0 Å². The van der Waals surface area contributed by atoms with E-state index < -0.39 is 0 Å². The number of Topliss-reactive ketones (excluding diaryl/α,β-unsaturated/α-hetero) is 1. The Bertz CT molecular complexity index is 341. The van der Waals surface area contributed by atoms with Gasteiger partial charge in [-0.3, -0.25) is 4.79 Å². The predicted molar refractivity (Wildman–Crippen MR) is 61.3 cm³/mol. The van der Waals surface area contributed by atoms with E-state index >= 15 is 0 Å². The average Bonchev–Trinajstić information content (AvgIpc) is 2.20. The maximum absolute atomic E-state index is 10.9. The molecule has 0 saturated carbocycles. The molecule has 2 nitrogen and oxygen atoms in total. The maximum atomic E-state index is 10.9. The molecule has 1 aromatic carbocycles. The third kappa shape index (κ3) is 4.66. The minimum atomic E-state index is 0.161. The zero-order chi connectivity index (χ0) is 11.1. The third-order valence-corrected chi connectivity index (χ3v) is 1.99. The van der Waals surface area contributed by atoms with E-state index in [2.05, 4.69) is 0 Å². The number of hydrogen-bond acceptors (Lipinski definition) is 2. The molecule has 0 aliphatic heterocycles. The molecule has 0 N–H and O–H groups in total. The molecule has 15 heavy (non-hydrogen) atoms. The fourth-order valence-electron chi connectivity index (χ4n) is 1.17. The van der Waals surface area contributed by atoms with Crippen molar-refractivity contribution in [1.82, 2.24) is 0 Å². The van der Waals surface area contributed by atoms with E-state index in [-0.39, 0.29) is 5.78 Å². The van der Waals surface area contributed by atoms with Crippen LogP contribution in [0.4, 0.5) is 0 Å². The third-order valence-electron chi connectivity index (χ3n) is 1.81. The van der Waals surface area contributed by atoms with Gasteiger partial charge in [-0.2, -0.15) is 0 Å². The van der Waals surface area contributed by atoms with Crippen LogP contribution in [0.2, 0.25) is 0 Å². The van der Waals surface area contributed by atoms with Crippen molar-refractivity contribution in [2.75, 3.05) is 6.61 Å². The summed E-state index contributed by atoms with van der Waals surface area (Å²) in [6.07, 6.45) is 2.19. The van der Waals surface area contributed by atoms with Crippen molar-refractivity contribution in [2.24, 2.45) is 0 Å². The molecule has 1 aromatic rings. The van der Waals surface area contributed by atoms with Crippen LogP contribution in [0.15, 0.2) is 35.9 Å². The minimum absolute atomic E-state index is 0.161. The smallest absolute Gasteiger partial charge is 0.134 e. The van der Waals surface area contributed by atoms with Gasteiger partial charge in [-0.1, -0.05) is 23.7 Å². The maximum Gasteiger partial charge on any atom is 0.134 e. The van der Waals surface area contributed by atoms with Gasteiger partial charge in [-0.05, 0) is 30.7 Å². The Morgan fingerprint density at radius 1 is 1.40 bits per heavy atom. The number of ether oxygens (including phenoxy) is 1. The highest BCUT2D eigenvalue weighted by Crippen LogP contribution is 2.12. The van der Waals surface area contributed by atoms with E-state index in [0.29, 0.717) is 13.0 Å². The van der Waals surface area contributed by atoms with Crippen molar-refractivity contribution in [1.29, 1.82) is 0 Å². The highest BCUT2D eigenvalue weighted by atomic mass is 35.5. The lowest BCUT2D eigenvalue weighted by Crippen LogP contribution is -1.97. The molecule has 0 spiro atoms. The summed E-state index contributed by atoms with van der Waals surface area (Å²) in [5.74, 6) is 0.936. The number of ketones is 1. The van der Waals surface area contributed by atoms with Crippen LogP contribution in [-0.4, -0.2) is 12.4 Å². The van der Waals surface area contributed by atoms with Gasteiger partial charge in [0.25, 0.3) is 0 Å². The normalized spacial score (nSPS) is 10.5. The Hall–Kier alpha value is -1.28. The number of carbonyl (C=O) groups is 1. The second-order valence-corrected chi connectivity index (χ2v) is 3.45. The highest BCUT2D eigenvalue weighted by molar-refractivity contribution is 6.25. The molecule has 0 radical (unpaired) electrons. The molecule has 80 valence electrons. The molecule has 0 saturated heterocycles. The van der Waals surface area contributed by atoms with Gasteiger partial charge in [-0.25, -0.2) is 0 Å². The van der Waals surface area contributed by atoms with Crippen LogP contribution >= 0.6 is 11.6 Å². The van der Waals surface area contributed by atoms with Gasteiger partial charge in [0.2, 0.25) is 0 Å². The Labute approximate surface area is 94.5 Å². The van der Waals surface area contributed by atoms with Crippen molar-refractivity contribution in [3.8, 4) is 5.75 Å². The second kappa shape index (κ2) is 6.25. The first-order valence-electron chi connectivity index (χ1n) is 4.69. The topological polar surface area (TPSA) is 26.3 Å². The Kier molecular flexibility index (Phi) is 4.91. The van der Waals surface area contributed by atoms with Crippen molar-refractivity contribution in [2.45, 2.75) is 13.3 Å². The molecule has 0 fully saturated rings. The number of rotatable bonds is 5. The minimum Gasteiger partial charge on any atom is -0.490 e. The molecule has 0 heterocycles. The zero-order valence-electron chi connectivity index (χ0n) is 8.57. The molecular formula is C12H13ClO2. The molecule has 3 heteroatoms. The Morgan fingerprint density at radius 3 is 2.60 bits per heavy atom. The number of halogens is 1. The SMILES string of the molecule is CC(=O)Cc1ccc(OC/C=C/Cl)cc1. The molecule has 0 bridgehead atoms. The molecule has 1 rings (SSSR count). The van der Waals surface area contributed by atoms with Gasteiger partial charge in [0.15, 0.2) is 0 Å². The average molecular weight is 225 g/mol. The first kappa shape index (κ1) is 11.8. The van der Waals surface area contributed by atoms with Crippen molar-refractivity contribution in [3.05, 3.63) is 41.4 Å². The van der Waals surface area contributed by atoms with E-state index in [1.165, 1.54) is 5.54 Å². The van der Waals surface area contributed by atoms with Gasteiger partial charge in [0.1, 0.15) is 18.1 Å². The van der Waals surface area contributed by atoms with Crippen molar-refractivity contribution in [3.63, 3.8) is 0 Å². The quantitative estimate of drug-likeness (QED) is 0.769. The van der Waals surface area contributed by atoms with E-state index in [9.17, 15) is 4.79 Å². The van der Waals surface area contributed by atoms with Crippen LogP contribution in [0.25, 0.3) is 0 Å². The lowest BCUT2D eigenvalue weighted by Gasteiger charge is -2.03. The summed E-state index contributed by atoms with van der Waals surface area (Å²) in [5, 5.41) is 0. The van der Waals surface area contributed by atoms with Gasteiger partial charge in [-0.15, -0.1) is 0 Å². The molecule has 0 aliphatic carbocycles. The van der Waals surface area contributed by atoms with E-state index in [4.69, 9.17) is 16.3 Å². The summed E-state index contributed by atoms with van der Waals surface area (Å²) in [7, 11) is 0. The van der Waals surface area contributed by atoms with Crippen LogP contribution in [-0.2, 0) is 11.2 Å². The zero-order valence-corrected chi connectivity index (χ0v) is 9.33. The summed E-state index contributed by atoms with van der Waals surface area (Å²) >= 11 is 5.35. The van der Waals surface area contributed by atoms with Crippen molar-refractivity contribution >= 4 is 17.4 Å². The van der Waals surface area contributed by atoms with E-state index in [0.717, 1.165) is 11.3 Å². The standard InChI is InChI=1S/C12H13ClO2/c1-10(14)9-11-3-5-12(6-4-11)15-8-2-7-13/h2-7H,8-9H2,1H3/b7-2+. The molecule has 0 amide bonds. The second-order valence-electron chi connectivity index (χ2n) is 3.20. The molecular weight excluding hydrogens is 212 g/mol. The van der Waals surface area contributed by atoms with Crippen LogP contribution in [0.3, 0.4) is 0 Å². The summed E-state index contributed by atoms with van der Waals surface area (Å²) in [4.78, 5) is 10.9. The predicted octanol–water partition coefficient (Wildman–Crippen LogP) is 2.95. The monoisotopic (exact) mass is 224 g/mol. The van der Waals surface area contributed by atoms with Crippen LogP contribution in [0, 0.1) is 0 Å². The van der Waals surface area contributed by atoms with Gasteiger partial charge in [0, 0.05) is 12.0 Å². The van der Waals surface area contributed by atoms with Crippen LogP contribution in [0.5, 0.6) is 5.75 Å². The van der Waals surface area contributed by atoms with E-state index in [1.807, 2.05) is 24.3 Å². The fraction of sp³-hybridized carbons (Fsp3) is 0.250. The molecule has 0 atom stereocenters. The van der Waals surface area contributed by atoms with Gasteiger partial charge in [0.05, 0.1) is 0 Å². The molecule has 0 aliphatic rings. The van der Waals surface area contributed by atoms with Crippen LogP contribution in [0.1, 0.15) is 12.5 Å². The summed E-state index contributed by atoms with van der Waals surface area (Å²) in [5.41, 5.74) is 2.42. The highest BCUT2D eigenvalue weighted by Gasteiger charge is 1.97. The van der Waals surface area contributed by atoms with Crippen LogP contribution < -0.4 is 4.74 Å². The Morgan fingerprint density at radius 2 is 2.07 bits per heavy atom. The first-order chi connectivity index (χ1) is 7.22. The van der Waals surface area contributed by atoms with Gasteiger partial charge >= 0.3 is 0 Å². The lowest BCUT2D eigenvalue weighted by atomic mass is 10.1. The molecule has 0 unspecified atom stereocenters. The first-order valence-corrected chi connectivity index (χ1v) is 5.12. The number of hydrogen-bond donors (Lipinski definition) is 0. The lowest BCUT2D eigenvalue weighted by molar-refractivity contribution is -0.116. The van der Waals surface area contributed by atoms with Gasteiger partial charge < -0.3 is 4.74 Å².